The van der Waals surface area contributed by atoms with E-state index in [1.165, 1.54) is 0 Å². The van der Waals surface area contributed by atoms with Crippen molar-refractivity contribution in [3.8, 4) is 5.75 Å². The fourth-order valence-corrected chi connectivity index (χ4v) is 1.28. The van der Waals surface area contributed by atoms with Crippen molar-refractivity contribution >= 4 is 0 Å². The molecule has 0 aliphatic rings. The molecule has 1 rings (SSSR count). The van der Waals surface area contributed by atoms with Crippen LogP contribution in [-0.2, 0) is 0 Å². The zero-order valence-corrected chi connectivity index (χ0v) is 8.73. The van der Waals surface area contributed by atoms with E-state index in [0.29, 0.717) is 0 Å². The van der Waals surface area contributed by atoms with Gasteiger partial charge in [-0.2, -0.15) is 0 Å². The number of methoxy groups -OCH3 is 1. The fraction of sp³-hybridized carbons (Fsp3) is 0.333. The van der Waals surface area contributed by atoms with Crippen LogP contribution in [0.15, 0.2) is 36.9 Å². The Morgan fingerprint density at radius 2 is 1.93 bits per heavy atom. The maximum Gasteiger partial charge on any atom is 0.118 e. The van der Waals surface area contributed by atoms with Gasteiger partial charge in [0.2, 0.25) is 0 Å². The van der Waals surface area contributed by atoms with Gasteiger partial charge in [-0.25, -0.2) is 0 Å². The van der Waals surface area contributed by atoms with Gasteiger partial charge in [-0.05, 0) is 23.6 Å². The van der Waals surface area contributed by atoms with Crippen molar-refractivity contribution in [1.82, 2.24) is 0 Å². The molecular weight excluding hydrogens is 174 g/mol. The van der Waals surface area contributed by atoms with Crippen molar-refractivity contribution in [3.63, 3.8) is 0 Å². The van der Waals surface area contributed by atoms with Gasteiger partial charge in [-0.15, -0.1) is 6.58 Å². The molecular formula is C12H17NO. The molecule has 0 spiro atoms. The van der Waals surface area contributed by atoms with Crippen molar-refractivity contribution in [1.29, 1.82) is 0 Å². The van der Waals surface area contributed by atoms with Crippen molar-refractivity contribution in [2.24, 2.45) is 11.7 Å². The smallest absolute Gasteiger partial charge is 0.118 e. The molecule has 0 aliphatic carbocycles. The molecule has 14 heavy (non-hydrogen) atoms. The number of nitrogens with two attached hydrogens (primary N) is 1. The summed E-state index contributed by atoms with van der Waals surface area (Å²) in [6.45, 7) is 5.79. The molecule has 0 saturated carbocycles. The normalized spacial score (nSPS) is 14.5. The quantitative estimate of drug-likeness (QED) is 0.742. The van der Waals surface area contributed by atoms with Gasteiger partial charge in [-0.3, -0.25) is 0 Å². The van der Waals surface area contributed by atoms with E-state index >= 15 is 0 Å². The van der Waals surface area contributed by atoms with Crippen LogP contribution in [0.3, 0.4) is 0 Å². The van der Waals surface area contributed by atoms with Crippen LogP contribution in [0.2, 0.25) is 0 Å². The van der Waals surface area contributed by atoms with Crippen LogP contribution >= 0.6 is 0 Å². The van der Waals surface area contributed by atoms with Crippen LogP contribution in [0.1, 0.15) is 18.5 Å². The number of hydrogen-bond acceptors (Lipinski definition) is 2. The van der Waals surface area contributed by atoms with Gasteiger partial charge in [-0.1, -0.05) is 25.1 Å². The highest BCUT2D eigenvalue weighted by atomic mass is 16.5. The minimum absolute atomic E-state index is 0.0124. The van der Waals surface area contributed by atoms with Crippen LogP contribution in [0, 0.1) is 5.92 Å². The van der Waals surface area contributed by atoms with Crippen molar-refractivity contribution in [2.45, 2.75) is 13.0 Å². The molecule has 0 amide bonds. The highest BCUT2D eigenvalue weighted by Gasteiger charge is 2.11. The minimum atomic E-state index is 0.0124. The SMILES string of the molecule is C=C[C@H](C)C(N)c1ccc(OC)cc1. The summed E-state index contributed by atoms with van der Waals surface area (Å²) in [6, 6.07) is 7.83. The molecule has 0 fully saturated rings. The Morgan fingerprint density at radius 1 is 1.36 bits per heavy atom. The van der Waals surface area contributed by atoms with E-state index in [-0.39, 0.29) is 12.0 Å². The second-order valence-electron chi connectivity index (χ2n) is 3.39. The van der Waals surface area contributed by atoms with Crippen LogP contribution in [0.25, 0.3) is 0 Å². The molecule has 0 heterocycles. The number of benzene rings is 1. The highest BCUT2D eigenvalue weighted by Crippen LogP contribution is 2.22. The number of hydrogen-bond donors (Lipinski definition) is 1. The second-order valence-corrected chi connectivity index (χ2v) is 3.39. The van der Waals surface area contributed by atoms with E-state index in [1.807, 2.05) is 30.3 Å². The van der Waals surface area contributed by atoms with Crippen molar-refractivity contribution < 1.29 is 4.74 Å². The van der Waals surface area contributed by atoms with E-state index < -0.39 is 0 Å². The molecule has 0 aromatic heterocycles. The molecule has 1 aromatic carbocycles. The average Bonchev–Trinajstić information content (AvgIpc) is 2.27. The molecule has 0 radical (unpaired) electrons. The van der Waals surface area contributed by atoms with Gasteiger partial charge >= 0.3 is 0 Å². The Hall–Kier alpha value is -1.28. The lowest BCUT2D eigenvalue weighted by molar-refractivity contribution is 0.414. The van der Waals surface area contributed by atoms with E-state index in [0.717, 1.165) is 11.3 Å². The van der Waals surface area contributed by atoms with Gasteiger partial charge < -0.3 is 10.5 Å². The lowest BCUT2D eigenvalue weighted by Crippen LogP contribution is -2.17. The van der Waals surface area contributed by atoms with Gasteiger partial charge in [0, 0.05) is 6.04 Å². The minimum Gasteiger partial charge on any atom is -0.497 e. The van der Waals surface area contributed by atoms with E-state index in [4.69, 9.17) is 10.5 Å². The Bertz CT molecular complexity index is 292. The predicted octanol–water partition coefficient (Wildman–Crippen LogP) is 2.52. The summed E-state index contributed by atoms with van der Waals surface area (Å²) in [7, 11) is 1.65. The zero-order valence-electron chi connectivity index (χ0n) is 8.73. The maximum absolute atomic E-state index is 6.03. The molecule has 2 nitrogen and oxygen atoms in total. The van der Waals surface area contributed by atoms with Gasteiger partial charge in [0.1, 0.15) is 5.75 Å². The fourth-order valence-electron chi connectivity index (χ4n) is 1.28. The third-order valence-electron chi connectivity index (χ3n) is 2.44. The third-order valence-corrected chi connectivity index (χ3v) is 2.44. The Labute approximate surface area is 85.4 Å². The molecule has 0 saturated heterocycles. The van der Waals surface area contributed by atoms with Crippen molar-refractivity contribution in [2.75, 3.05) is 7.11 Å². The predicted molar refractivity (Wildman–Crippen MR) is 59.3 cm³/mol. The Balaban J connectivity index is 2.80. The van der Waals surface area contributed by atoms with Gasteiger partial charge in [0.05, 0.1) is 7.11 Å². The Kier molecular flexibility index (Phi) is 3.72. The summed E-state index contributed by atoms with van der Waals surface area (Å²) in [4.78, 5) is 0. The van der Waals surface area contributed by atoms with Gasteiger partial charge in [0.25, 0.3) is 0 Å². The molecule has 2 heteroatoms. The average molecular weight is 191 g/mol. The molecule has 2 N–H and O–H groups in total. The first-order valence-electron chi connectivity index (χ1n) is 4.71. The topological polar surface area (TPSA) is 35.2 Å². The van der Waals surface area contributed by atoms with Crippen LogP contribution < -0.4 is 10.5 Å². The van der Waals surface area contributed by atoms with Crippen molar-refractivity contribution in [3.05, 3.63) is 42.5 Å². The first kappa shape index (κ1) is 10.8. The summed E-state index contributed by atoms with van der Waals surface area (Å²) in [5.74, 6) is 1.13. The highest BCUT2D eigenvalue weighted by molar-refractivity contribution is 5.29. The standard InChI is InChI=1S/C12H17NO/c1-4-9(2)12(13)10-5-7-11(14-3)8-6-10/h4-9,12H,1,13H2,2-3H3/t9-,12?/m0/s1. The molecule has 0 bridgehead atoms. The summed E-state index contributed by atoms with van der Waals surface area (Å²) in [5.41, 5.74) is 7.14. The largest absolute Gasteiger partial charge is 0.497 e. The number of ether oxygens (including phenoxy) is 1. The number of rotatable bonds is 4. The first-order chi connectivity index (χ1) is 6.69. The molecule has 1 aromatic rings. The summed E-state index contributed by atoms with van der Waals surface area (Å²) in [5, 5.41) is 0. The second kappa shape index (κ2) is 4.82. The van der Waals surface area contributed by atoms with E-state index in [1.54, 1.807) is 7.11 Å². The monoisotopic (exact) mass is 191 g/mol. The summed E-state index contributed by atoms with van der Waals surface area (Å²) >= 11 is 0. The van der Waals surface area contributed by atoms with E-state index in [9.17, 15) is 0 Å². The molecule has 0 aliphatic heterocycles. The van der Waals surface area contributed by atoms with Crippen LogP contribution in [-0.4, -0.2) is 7.11 Å². The molecule has 76 valence electrons. The Morgan fingerprint density at radius 3 is 2.36 bits per heavy atom. The van der Waals surface area contributed by atoms with E-state index in [2.05, 4.69) is 13.5 Å². The van der Waals surface area contributed by atoms with Crippen LogP contribution in [0.5, 0.6) is 5.75 Å². The maximum atomic E-state index is 6.03. The third kappa shape index (κ3) is 2.36. The van der Waals surface area contributed by atoms with Crippen LogP contribution in [0.4, 0.5) is 0 Å². The summed E-state index contributed by atoms with van der Waals surface area (Å²) < 4.78 is 5.07. The summed E-state index contributed by atoms with van der Waals surface area (Å²) in [6.07, 6.45) is 1.87. The molecule has 2 atom stereocenters. The van der Waals surface area contributed by atoms with Gasteiger partial charge in [0.15, 0.2) is 0 Å². The zero-order chi connectivity index (χ0) is 10.6. The lowest BCUT2D eigenvalue weighted by atomic mass is 9.95. The first-order valence-corrected chi connectivity index (χ1v) is 4.71. The lowest BCUT2D eigenvalue weighted by Gasteiger charge is -2.16. The molecule has 1 unspecified atom stereocenters.